The summed E-state index contributed by atoms with van der Waals surface area (Å²) in [5.74, 6) is 2.47. The molecule has 0 radical (unpaired) electrons. The standard InChI is InChI=1S/C18H19N7O3/c1-28-12-2-3-13-14(5-12)25(22-17(13)19)16-6-15(20-9-21-16)23-7-11-4-10(23)8-24(11)18(26)27/h2-3,5-6,9-11H,4,7-8H2,1H3,(H2,19,22)(H,26,27)/t10-,11-/m0/s1. The second-order valence-corrected chi connectivity index (χ2v) is 7.05. The largest absolute Gasteiger partial charge is 0.497 e. The van der Waals surface area contributed by atoms with Gasteiger partial charge in [0.15, 0.2) is 11.6 Å². The zero-order valence-electron chi connectivity index (χ0n) is 15.2. The van der Waals surface area contributed by atoms with Crippen LogP contribution in [0.15, 0.2) is 30.6 Å². The van der Waals surface area contributed by atoms with Gasteiger partial charge in [0.1, 0.15) is 17.9 Å². The number of nitrogens with zero attached hydrogens (tertiary/aromatic N) is 6. The summed E-state index contributed by atoms with van der Waals surface area (Å²) >= 11 is 0. The van der Waals surface area contributed by atoms with Crippen molar-refractivity contribution in [1.82, 2.24) is 24.6 Å². The van der Waals surface area contributed by atoms with Crippen LogP contribution in [-0.2, 0) is 0 Å². The summed E-state index contributed by atoms with van der Waals surface area (Å²) in [6, 6.07) is 7.57. The maximum Gasteiger partial charge on any atom is 0.407 e. The van der Waals surface area contributed by atoms with Gasteiger partial charge in [-0.05, 0) is 18.6 Å². The first-order valence-electron chi connectivity index (χ1n) is 8.96. The second kappa shape index (κ2) is 5.98. The van der Waals surface area contributed by atoms with Crippen molar-refractivity contribution in [1.29, 1.82) is 0 Å². The Balaban J connectivity index is 1.51. The molecule has 28 heavy (non-hydrogen) atoms. The van der Waals surface area contributed by atoms with E-state index in [1.807, 2.05) is 24.3 Å². The molecule has 10 heteroatoms. The molecule has 2 aromatic heterocycles. The third-order valence-electron chi connectivity index (χ3n) is 5.55. The molecule has 4 heterocycles. The number of carbonyl (C=O) groups is 1. The lowest BCUT2D eigenvalue weighted by Gasteiger charge is -2.33. The molecule has 2 atom stereocenters. The van der Waals surface area contributed by atoms with Crippen LogP contribution in [0.25, 0.3) is 16.7 Å². The molecule has 2 aliphatic rings. The van der Waals surface area contributed by atoms with Crippen LogP contribution in [0.1, 0.15) is 6.42 Å². The molecule has 5 rings (SSSR count). The first-order chi connectivity index (χ1) is 13.5. The molecule has 0 aliphatic carbocycles. The Kier molecular flexibility index (Phi) is 3.54. The van der Waals surface area contributed by atoms with E-state index in [9.17, 15) is 9.90 Å². The molecule has 2 aliphatic heterocycles. The maximum absolute atomic E-state index is 11.3. The number of nitrogens with two attached hydrogens (primary N) is 1. The number of nitrogen functional groups attached to an aromatic ring is 1. The predicted octanol–water partition coefficient (Wildman–Crippen LogP) is 1.35. The minimum absolute atomic E-state index is 0.00588. The third-order valence-corrected chi connectivity index (χ3v) is 5.55. The summed E-state index contributed by atoms with van der Waals surface area (Å²) < 4.78 is 6.99. The van der Waals surface area contributed by atoms with Crippen LogP contribution in [0.2, 0.25) is 0 Å². The Hall–Kier alpha value is -3.56. The Morgan fingerprint density at radius 3 is 2.75 bits per heavy atom. The summed E-state index contributed by atoms with van der Waals surface area (Å²) in [7, 11) is 1.61. The molecule has 144 valence electrons. The zero-order valence-corrected chi connectivity index (χ0v) is 15.2. The van der Waals surface area contributed by atoms with Crippen LogP contribution in [0.3, 0.4) is 0 Å². The van der Waals surface area contributed by atoms with Gasteiger partial charge in [-0.2, -0.15) is 0 Å². The lowest BCUT2D eigenvalue weighted by atomic mass is 10.2. The van der Waals surface area contributed by atoms with E-state index in [2.05, 4.69) is 20.0 Å². The number of hydrogen-bond acceptors (Lipinski definition) is 7. The number of carboxylic acid groups (broad SMARTS) is 1. The van der Waals surface area contributed by atoms with Crippen LogP contribution in [0, 0.1) is 0 Å². The van der Waals surface area contributed by atoms with Crippen molar-refractivity contribution in [3.8, 4) is 11.6 Å². The van der Waals surface area contributed by atoms with Gasteiger partial charge in [0.05, 0.1) is 24.7 Å². The highest BCUT2D eigenvalue weighted by atomic mass is 16.5. The van der Waals surface area contributed by atoms with Crippen LogP contribution >= 0.6 is 0 Å². The minimum Gasteiger partial charge on any atom is -0.497 e. The van der Waals surface area contributed by atoms with E-state index in [1.54, 1.807) is 11.8 Å². The molecule has 10 nitrogen and oxygen atoms in total. The lowest BCUT2D eigenvalue weighted by molar-refractivity contribution is 0.137. The number of piperazine rings is 1. The third kappa shape index (κ3) is 2.41. The topological polar surface area (TPSA) is 123 Å². The van der Waals surface area contributed by atoms with E-state index in [1.165, 1.54) is 11.2 Å². The quantitative estimate of drug-likeness (QED) is 0.697. The summed E-state index contributed by atoms with van der Waals surface area (Å²) in [6.45, 7) is 1.12. The number of ether oxygens (including phenoxy) is 1. The van der Waals surface area contributed by atoms with E-state index in [0.717, 1.165) is 23.1 Å². The van der Waals surface area contributed by atoms with Gasteiger partial charge >= 0.3 is 6.09 Å². The normalized spacial score (nSPS) is 20.9. The van der Waals surface area contributed by atoms with E-state index in [-0.39, 0.29) is 12.1 Å². The number of aromatic nitrogens is 4. The molecule has 1 amide bonds. The van der Waals surface area contributed by atoms with E-state index < -0.39 is 6.09 Å². The molecular weight excluding hydrogens is 362 g/mol. The Labute approximate surface area is 160 Å². The van der Waals surface area contributed by atoms with Gasteiger partial charge in [-0.15, -0.1) is 5.10 Å². The highest BCUT2D eigenvalue weighted by Gasteiger charge is 2.45. The molecule has 1 aromatic carbocycles. The molecule has 2 saturated heterocycles. The predicted molar refractivity (Wildman–Crippen MR) is 102 cm³/mol. The fraction of sp³-hybridized carbons (Fsp3) is 0.333. The van der Waals surface area contributed by atoms with Gasteiger partial charge in [-0.25, -0.2) is 19.4 Å². The first-order valence-corrected chi connectivity index (χ1v) is 8.96. The fourth-order valence-electron chi connectivity index (χ4n) is 4.21. The van der Waals surface area contributed by atoms with E-state index in [4.69, 9.17) is 10.5 Å². The minimum atomic E-state index is -0.858. The monoisotopic (exact) mass is 381 g/mol. The van der Waals surface area contributed by atoms with Gasteiger partial charge < -0.3 is 25.4 Å². The van der Waals surface area contributed by atoms with E-state index in [0.29, 0.717) is 30.5 Å². The van der Waals surface area contributed by atoms with Crippen LogP contribution in [-0.4, -0.2) is 68.1 Å². The average molecular weight is 381 g/mol. The van der Waals surface area contributed by atoms with Crippen molar-refractivity contribution in [3.63, 3.8) is 0 Å². The van der Waals surface area contributed by atoms with Crippen molar-refractivity contribution >= 4 is 28.6 Å². The average Bonchev–Trinajstić information content (AvgIpc) is 3.40. The van der Waals surface area contributed by atoms with Crippen molar-refractivity contribution in [3.05, 3.63) is 30.6 Å². The number of methoxy groups -OCH3 is 1. The highest BCUT2D eigenvalue weighted by molar-refractivity contribution is 5.91. The fourth-order valence-corrected chi connectivity index (χ4v) is 4.21. The zero-order chi connectivity index (χ0) is 19.4. The number of anilines is 2. The molecule has 0 saturated carbocycles. The van der Waals surface area contributed by atoms with Gasteiger partial charge in [-0.3, -0.25) is 0 Å². The molecule has 2 bridgehead atoms. The number of amides is 1. The molecule has 0 unspecified atom stereocenters. The van der Waals surface area contributed by atoms with Gasteiger partial charge in [0.2, 0.25) is 0 Å². The molecule has 3 N–H and O–H groups in total. The Bertz CT molecular complexity index is 1080. The number of benzene rings is 1. The number of likely N-dealkylation sites (tertiary alicyclic amines) is 1. The Morgan fingerprint density at radius 1 is 1.21 bits per heavy atom. The summed E-state index contributed by atoms with van der Waals surface area (Å²) in [5, 5.41) is 14.5. The first kappa shape index (κ1) is 16.6. The molecular formula is C18H19N7O3. The maximum atomic E-state index is 11.3. The van der Waals surface area contributed by atoms with Crippen LogP contribution < -0.4 is 15.4 Å². The molecule has 3 aromatic rings. The SMILES string of the molecule is COc1ccc2c(N)nn(-c3cc(N4C[C@@H]5C[C@H]4CN5C(=O)O)ncn3)c2c1. The van der Waals surface area contributed by atoms with Crippen molar-refractivity contribution in [2.24, 2.45) is 0 Å². The van der Waals surface area contributed by atoms with Gasteiger partial charge in [-0.1, -0.05) is 0 Å². The van der Waals surface area contributed by atoms with Gasteiger partial charge in [0.25, 0.3) is 0 Å². The highest BCUT2D eigenvalue weighted by Crippen LogP contribution is 2.34. The lowest BCUT2D eigenvalue weighted by Crippen LogP contribution is -2.48. The molecule has 2 fully saturated rings. The molecule has 0 spiro atoms. The van der Waals surface area contributed by atoms with Crippen LogP contribution in [0.5, 0.6) is 5.75 Å². The second-order valence-electron chi connectivity index (χ2n) is 7.05. The van der Waals surface area contributed by atoms with E-state index >= 15 is 0 Å². The van der Waals surface area contributed by atoms with Crippen LogP contribution in [0.4, 0.5) is 16.4 Å². The smallest absolute Gasteiger partial charge is 0.407 e. The Morgan fingerprint density at radius 2 is 2.04 bits per heavy atom. The number of fused-ring (bicyclic) bond motifs is 3. The van der Waals surface area contributed by atoms with Crippen molar-refractivity contribution in [2.75, 3.05) is 30.8 Å². The van der Waals surface area contributed by atoms with Crippen molar-refractivity contribution in [2.45, 2.75) is 18.5 Å². The summed E-state index contributed by atoms with van der Waals surface area (Å²) in [5.41, 5.74) is 6.86. The van der Waals surface area contributed by atoms with Crippen molar-refractivity contribution < 1.29 is 14.6 Å². The number of rotatable bonds is 3. The summed E-state index contributed by atoms with van der Waals surface area (Å²) in [6.07, 6.45) is 1.46. The number of hydrogen-bond donors (Lipinski definition) is 2. The van der Waals surface area contributed by atoms with Gasteiger partial charge in [0, 0.05) is 30.6 Å². The summed E-state index contributed by atoms with van der Waals surface area (Å²) in [4.78, 5) is 23.7.